The standard InChI is InChI=1S/C15H18N4O3/c1-18-15(16-10-17-18)13-9-22-6-5-19(13)14(21)8-11-3-2-4-12(20)7-11/h2-4,7,10,13,20H,5-6,8-9H2,1H3. The van der Waals surface area contributed by atoms with E-state index >= 15 is 0 Å². The molecule has 1 fully saturated rings. The molecular formula is C15H18N4O3. The lowest BCUT2D eigenvalue weighted by atomic mass is 10.1. The van der Waals surface area contributed by atoms with Crippen LogP contribution < -0.4 is 0 Å². The lowest BCUT2D eigenvalue weighted by Crippen LogP contribution is -2.45. The molecule has 7 nitrogen and oxygen atoms in total. The van der Waals surface area contributed by atoms with E-state index in [1.165, 1.54) is 6.33 Å². The monoisotopic (exact) mass is 302 g/mol. The third-order valence-electron chi connectivity index (χ3n) is 3.76. The molecule has 0 aliphatic carbocycles. The Morgan fingerprint density at radius 1 is 1.50 bits per heavy atom. The Morgan fingerprint density at radius 3 is 3.09 bits per heavy atom. The van der Waals surface area contributed by atoms with Crippen LogP contribution in [0.3, 0.4) is 0 Å². The number of carbonyl (C=O) groups excluding carboxylic acids is 1. The van der Waals surface area contributed by atoms with Crippen molar-refractivity contribution in [1.29, 1.82) is 0 Å². The van der Waals surface area contributed by atoms with Crippen molar-refractivity contribution in [3.8, 4) is 5.75 Å². The van der Waals surface area contributed by atoms with Gasteiger partial charge in [0.1, 0.15) is 18.1 Å². The molecule has 2 heterocycles. The van der Waals surface area contributed by atoms with E-state index in [-0.39, 0.29) is 24.1 Å². The van der Waals surface area contributed by atoms with E-state index in [9.17, 15) is 9.90 Å². The van der Waals surface area contributed by atoms with Gasteiger partial charge in [-0.2, -0.15) is 5.10 Å². The van der Waals surface area contributed by atoms with Crippen molar-refractivity contribution in [2.24, 2.45) is 7.05 Å². The zero-order valence-electron chi connectivity index (χ0n) is 12.3. The highest BCUT2D eigenvalue weighted by Crippen LogP contribution is 2.23. The van der Waals surface area contributed by atoms with Crippen molar-refractivity contribution in [1.82, 2.24) is 19.7 Å². The van der Waals surface area contributed by atoms with Crippen LogP contribution in [-0.2, 0) is 23.0 Å². The smallest absolute Gasteiger partial charge is 0.227 e. The van der Waals surface area contributed by atoms with Gasteiger partial charge in [0.25, 0.3) is 0 Å². The Labute approximate surface area is 128 Å². The number of aryl methyl sites for hydroxylation is 1. The van der Waals surface area contributed by atoms with Gasteiger partial charge in [-0.1, -0.05) is 12.1 Å². The summed E-state index contributed by atoms with van der Waals surface area (Å²) in [6, 6.07) is 6.53. The van der Waals surface area contributed by atoms with Crippen LogP contribution in [0.4, 0.5) is 0 Å². The zero-order chi connectivity index (χ0) is 15.5. The van der Waals surface area contributed by atoms with Crippen molar-refractivity contribution in [3.63, 3.8) is 0 Å². The van der Waals surface area contributed by atoms with Gasteiger partial charge < -0.3 is 14.7 Å². The van der Waals surface area contributed by atoms with Crippen molar-refractivity contribution in [3.05, 3.63) is 42.0 Å². The Hall–Kier alpha value is -2.41. The number of hydrogen-bond acceptors (Lipinski definition) is 5. The number of aromatic nitrogens is 3. The van der Waals surface area contributed by atoms with E-state index in [2.05, 4.69) is 10.1 Å². The molecule has 3 rings (SSSR count). The fourth-order valence-corrected chi connectivity index (χ4v) is 2.67. The molecule has 0 radical (unpaired) electrons. The number of rotatable bonds is 3. The molecular weight excluding hydrogens is 284 g/mol. The molecule has 1 saturated heterocycles. The third-order valence-corrected chi connectivity index (χ3v) is 3.76. The maximum atomic E-state index is 12.6. The van der Waals surface area contributed by atoms with E-state index in [4.69, 9.17) is 4.74 Å². The zero-order valence-corrected chi connectivity index (χ0v) is 12.3. The van der Waals surface area contributed by atoms with E-state index in [0.717, 1.165) is 5.56 Å². The summed E-state index contributed by atoms with van der Waals surface area (Å²) in [6.07, 6.45) is 1.71. The average molecular weight is 302 g/mol. The fraction of sp³-hybridized carbons (Fsp3) is 0.400. The molecule has 7 heteroatoms. The molecule has 1 aromatic carbocycles. The first kappa shape index (κ1) is 14.5. The van der Waals surface area contributed by atoms with Crippen LogP contribution in [0.15, 0.2) is 30.6 Å². The fourth-order valence-electron chi connectivity index (χ4n) is 2.67. The Kier molecular flexibility index (Phi) is 4.06. The molecule has 0 spiro atoms. The first-order valence-electron chi connectivity index (χ1n) is 7.14. The molecule has 1 aromatic heterocycles. The molecule has 2 aromatic rings. The largest absolute Gasteiger partial charge is 0.508 e. The highest BCUT2D eigenvalue weighted by molar-refractivity contribution is 5.79. The Balaban J connectivity index is 1.78. The van der Waals surface area contributed by atoms with E-state index in [1.807, 2.05) is 6.07 Å². The molecule has 0 saturated carbocycles. The molecule has 1 unspecified atom stereocenters. The van der Waals surface area contributed by atoms with E-state index < -0.39 is 0 Å². The van der Waals surface area contributed by atoms with Crippen molar-refractivity contribution >= 4 is 5.91 Å². The molecule has 1 N–H and O–H groups in total. The minimum absolute atomic E-state index is 0.0121. The molecule has 22 heavy (non-hydrogen) atoms. The van der Waals surface area contributed by atoms with Crippen molar-refractivity contribution in [2.75, 3.05) is 19.8 Å². The number of nitrogens with zero attached hydrogens (tertiary/aromatic N) is 4. The van der Waals surface area contributed by atoms with Crippen LogP contribution in [0.2, 0.25) is 0 Å². The SMILES string of the molecule is Cn1ncnc1C1COCCN1C(=O)Cc1cccc(O)c1. The summed E-state index contributed by atoms with van der Waals surface area (Å²) < 4.78 is 7.16. The summed E-state index contributed by atoms with van der Waals surface area (Å²) >= 11 is 0. The number of hydrogen-bond donors (Lipinski definition) is 1. The first-order chi connectivity index (χ1) is 10.6. The second-order valence-corrected chi connectivity index (χ2v) is 5.27. The summed E-state index contributed by atoms with van der Waals surface area (Å²) in [7, 11) is 1.80. The number of carbonyl (C=O) groups is 1. The van der Waals surface area contributed by atoms with Gasteiger partial charge in [-0.25, -0.2) is 4.98 Å². The van der Waals surface area contributed by atoms with Crippen LogP contribution in [0.1, 0.15) is 17.4 Å². The summed E-state index contributed by atoms with van der Waals surface area (Å²) in [5, 5.41) is 13.6. The van der Waals surface area contributed by atoms with Gasteiger partial charge in [0.05, 0.1) is 19.6 Å². The summed E-state index contributed by atoms with van der Waals surface area (Å²) in [6.45, 7) is 1.45. The summed E-state index contributed by atoms with van der Waals surface area (Å²) in [4.78, 5) is 18.6. The lowest BCUT2D eigenvalue weighted by molar-refractivity contribution is -0.139. The van der Waals surface area contributed by atoms with Crippen molar-refractivity contribution in [2.45, 2.75) is 12.5 Å². The molecule has 1 atom stereocenters. The van der Waals surface area contributed by atoms with Crippen LogP contribution in [0.5, 0.6) is 5.75 Å². The minimum Gasteiger partial charge on any atom is -0.508 e. The van der Waals surface area contributed by atoms with Gasteiger partial charge in [-0.05, 0) is 17.7 Å². The Bertz CT molecular complexity index is 670. The number of morpholine rings is 1. The van der Waals surface area contributed by atoms with Crippen LogP contribution in [-0.4, -0.2) is 50.4 Å². The quantitative estimate of drug-likeness (QED) is 0.901. The van der Waals surface area contributed by atoms with Gasteiger partial charge in [-0.3, -0.25) is 9.48 Å². The normalized spacial score (nSPS) is 18.4. The molecule has 1 aliphatic rings. The van der Waals surface area contributed by atoms with Gasteiger partial charge >= 0.3 is 0 Å². The Morgan fingerprint density at radius 2 is 2.36 bits per heavy atom. The number of ether oxygens (including phenoxy) is 1. The maximum absolute atomic E-state index is 12.6. The predicted molar refractivity (Wildman–Crippen MR) is 78.1 cm³/mol. The molecule has 1 amide bonds. The molecule has 0 bridgehead atoms. The van der Waals surface area contributed by atoms with Gasteiger partial charge in [-0.15, -0.1) is 0 Å². The maximum Gasteiger partial charge on any atom is 0.227 e. The molecule has 116 valence electrons. The van der Waals surface area contributed by atoms with E-state index in [0.29, 0.717) is 25.6 Å². The minimum atomic E-state index is -0.231. The second kappa shape index (κ2) is 6.15. The topological polar surface area (TPSA) is 80.5 Å². The highest BCUT2D eigenvalue weighted by atomic mass is 16.5. The van der Waals surface area contributed by atoms with Crippen LogP contribution >= 0.6 is 0 Å². The number of amides is 1. The van der Waals surface area contributed by atoms with Crippen LogP contribution in [0, 0.1) is 0 Å². The number of phenols is 1. The number of phenolic OH excluding ortho intramolecular Hbond substituents is 1. The van der Waals surface area contributed by atoms with Gasteiger partial charge in [0.15, 0.2) is 5.82 Å². The second-order valence-electron chi connectivity index (χ2n) is 5.27. The first-order valence-corrected chi connectivity index (χ1v) is 7.14. The molecule has 1 aliphatic heterocycles. The predicted octanol–water partition coefficient (Wildman–Crippen LogP) is 0.663. The van der Waals surface area contributed by atoms with Gasteiger partial charge in [0, 0.05) is 13.6 Å². The lowest BCUT2D eigenvalue weighted by Gasteiger charge is -2.34. The van der Waals surface area contributed by atoms with Crippen molar-refractivity contribution < 1.29 is 14.6 Å². The average Bonchev–Trinajstić information content (AvgIpc) is 2.93. The highest BCUT2D eigenvalue weighted by Gasteiger charge is 2.31. The van der Waals surface area contributed by atoms with E-state index in [1.54, 1.807) is 34.8 Å². The van der Waals surface area contributed by atoms with Crippen LogP contribution in [0.25, 0.3) is 0 Å². The number of aromatic hydroxyl groups is 1. The third kappa shape index (κ3) is 2.94. The number of benzene rings is 1. The summed E-state index contributed by atoms with van der Waals surface area (Å²) in [5.41, 5.74) is 0.785. The summed E-state index contributed by atoms with van der Waals surface area (Å²) in [5.74, 6) is 0.864. The van der Waals surface area contributed by atoms with Gasteiger partial charge in [0.2, 0.25) is 5.91 Å².